The van der Waals surface area contributed by atoms with Crippen molar-refractivity contribution in [2.45, 2.75) is 53.4 Å². The quantitative estimate of drug-likeness (QED) is 0.651. The van der Waals surface area contributed by atoms with Crippen molar-refractivity contribution in [3.8, 4) is 0 Å². The second-order valence-corrected chi connectivity index (χ2v) is 4.91. The molecule has 0 aliphatic heterocycles. The molecule has 0 bridgehead atoms. The summed E-state index contributed by atoms with van der Waals surface area (Å²) in [7, 11) is 0. The second kappa shape index (κ2) is 7.66. The number of hydrogen-bond acceptors (Lipinski definition) is 3. The molecule has 96 valence electrons. The zero-order valence-electron chi connectivity index (χ0n) is 11.2. The van der Waals surface area contributed by atoms with Crippen LogP contribution in [0.25, 0.3) is 0 Å². The maximum atomic E-state index is 12.0. The lowest BCUT2D eigenvalue weighted by molar-refractivity contribution is -0.156. The summed E-state index contributed by atoms with van der Waals surface area (Å²) >= 11 is 0. The van der Waals surface area contributed by atoms with E-state index in [1.807, 2.05) is 6.92 Å². The van der Waals surface area contributed by atoms with E-state index >= 15 is 0 Å². The Morgan fingerprint density at radius 2 is 2.00 bits per heavy atom. The highest BCUT2D eigenvalue weighted by Crippen LogP contribution is 2.33. The second-order valence-electron chi connectivity index (χ2n) is 4.91. The number of carbonyl (C=O) groups excluding carboxylic acids is 1. The van der Waals surface area contributed by atoms with Crippen molar-refractivity contribution < 1.29 is 9.53 Å². The Morgan fingerprint density at radius 1 is 1.38 bits per heavy atom. The van der Waals surface area contributed by atoms with E-state index in [0.29, 0.717) is 19.1 Å². The van der Waals surface area contributed by atoms with Gasteiger partial charge in [-0.15, -0.1) is 0 Å². The van der Waals surface area contributed by atoms with Crippen LogP contribution in [-0.4, -0.2) is 19.1 Å². The minimum absolute atomic E-state index is 0.111. The highest BCUT2D eigenvalue weighted by Gasteiger charge is 2.38. The number of hydrogen-bond donors (Lipinski definition) is 1. The average Bonchev–Trinajstić information content (AvgIpc) is 2.24. The molecule has 0 aromatic carbocycles. The Bertz CT molecular complexity index is 204. The van der Waals surface area contributed by atoms with Crippen LogP contribution in [0.1, 0.15) is 53.4 Å². The van der Waals surface area contributed by atoms with E-state index in [2.05, 4.69) is 20.8 Å². The molecule has 0 aromatic rings. The van der Waals surface area contributed by atoms with Crippen molar-refractivity contribution >= 4 is 5.97 Å². The van der Waals surface area contributed by atoms with E-state index in [-0.39, 0.29) is 5.97 Å². The third kappa shape index (κ3) is 4.52. The van der Waals surface area contributed by atoms with Gasteiger partial charge in [0.1, 0.15) is 0 Å². The molecule has 3 nitrogen and oxygen atoms in total. The van der Waals surface area contributed by atoms with E-state index in [9.17, 15) is 4.79 Å². The standard InChI is InChI=1S/C13H27NO2/c1-5-7-8-13(10-14,9-11(3)4)12(15)16-6-2/h11H,5-10,14H2,1-4H3. The van der Waals surface area contributed by atoms with E-state index in [1.165, 1.54) is 0 Å². The van der Waals surface area contributed by atoms with Crippen molar-refractivity contribution in [3.05, 3.63) is 0 Å². The summed E-state index contributed by atoms with van der Waals surface area (Å²) in [6, 6.07) is 0. The molecule has 0 saturated heterocycles. The number of carbonyl (C=O) groups is 1. The molecule has 0 aliphatic rings. The lowest BCUT2D eigenvalue weighted by atomic mass is 9.76. The highest BCUT2D eigenvalue weighted by molar-refractivity contribution is 5.77. The molecule has 1 unspecified atom stereocenters. The van der Waals surface area contributed by atoms with Gasteiger partial charge in [0, 0.05) is 6.54 Å². The summed E-state index contributed by atoms with van der Waals surface area (Å²) in [5.74, 6) is 0.351. The molecule has 16 heavy (non-hydrogen) atoms. The maximum Gasteiger partial charge on any atom is 0.313 e. The van der Waals surface area contributed by atoms with E-state index in [4.69, 9.17) is 10.5 Å². The van der Waals surface area contributed by atoms with E-state index < -0.39 is 5.41 Å². The normalized spacial score (nSPS) is 14.9. The molecular formula is C13H27NO2. The van der Waals surface area contributed by atoms with Crippen LogP contribution in [0.3, 0.4) is 0 Å². The molecule has 0 spiro atoms. The van der Waals surface area contributed by atoms with Crippen molar-refractivity contribution in [2.24, 2.45) is 17.1 Å². The molecule has 0 radical (unpaired) electrons. The average molecular weight is 229 g/mol. The van der Waals surface area contributed by atoms with Crippen LogP contribution in [0.15, 0.2) is 0 Å². The minimum atomic E-state index is -0.458. The van der Waals surface area contributed by atoms with Gasteiger partial charge in [0.25, 0.3) is 0 Å². The summed E-state index contributed by atoms with van der Waals surface area (Å²) in [6.07, 6.45) is 3.78. The highest BCUT2D eigenvalue weighted by atomic mass is 16.5. The fraction of sp³-hybridized carbons (Fsp3) is 0.923. The van der Waals surface area contributed by atoms with Crippen molar-refractivity contribution in [3.63, 3.8) is 0 Å². The molecule has 0 fully saturated rings. The summed E-state index contributed by atoms with van der Waals surface area (Å²) < 4.78 is 5.18. The summed E-state index contributed by atoms with van der Waals surface area (Å²) in [5, 5.41) is 0. The Balaban J connectivity index is 4.71. The van der Waals surface area contributed by atoms with E-state index in [0.717, 1.165) is 25.7 Å². The van der Waals surface area contributed by atoms with Gasteiger partial charge in [-0.1, -0.05) is 33.6 Å². The van der Waals surface area contributed by atoms with Crippen molar-refractivity contribution in [1.82, 2.24) is 0 Å². The van der Waals surface area contributed by atoms with Crippen LogP contribution in [0.5, 0.6) is 0 Å². The molecule has 0 amide bonds. The molecule has 0 aliphatic carbocycles. The van der Waals surface area contributed by atoms with Gasteiger partial charge in [0.05, 0.1) is 12.0 Å². The van der Waals surface area contributed by atoms with Gasteiger partial charge in [-0.3, -0.25) is 4.79 Å². The molecule has 0 rings (SSSR count). The smallest absolute Gasteiger partial charge is 0.313 e. The summed E-state index contributed by atoms with van der Waals surface area (Å²) in [6.45, 7) is 9.04. The molecular weight excluding hydrogens is 202 g/mol. The Morgan fingerprint density at radius 3 is 2.38 bits per heavy atom. The third-order valence-corrected chi connectivity index (χ3v) is 2.91. The first-order chi connectivity index (χ1) is 7.52. The van der Waals surface area contributed by atoms with Gasteiger partial charge in [0.2, 0.25) is 0 Å². The van der Waals surface area contributed by atoms with Crippen LogP contribution in [0, 0.1) is 11.3 Å². The molecule has 0 heterocycles. The Kier molecular flexibility index (Phi) is 7.39. The predicted octanol–water partition coefficient (Wildman–Crippen LogP) is 2.73. The van der Waals surface area contributed by atoms with E-state index in [1.54, 1.807) is 0 Å². The van der Waals surface area contributed by atoms with Gasteiger partial charge in [-0.05, 0) is 25.7 Å². The number of unbranched alkanes of at least 4 members (excludes halogenated alkanes) is 1. The zero-order chi connectivity index (χ0) is 12.6. The number of nitrogens with two attached hydrogens (primary N) is 1. The van der Waals surface area contributed by atoms with Crippen LogP contribution in [-0.2, 0) is 9.53 Å². The summed E-state index contributed by atoms with van der Waals surface area (Å²) in [4.78, 5) is 12.0. The van der Waals surface area contributed by atoms with Crippen LogP contribution < -0.4 is 5.73 Å². The van der Waals surface area contributed by atoms with Gasteiger partial charge in [-0.2, -0.15) is 0 Å². The molecule has 3 heteroatoms. The minimum Gasteiger partial charge on any atom is -0.466 e. The molecule has 0 saturated carbocycles. The Labute approximate surface area is 99.7 Å². The van der Waals surface area contributed by atoms with Crippen LogP contribution in [0.2, 0.25) is 0 Å². The SMILES string of the molecule is CCCCC(CN)(CC(C)C)C(=O)OCC. The Hall–Kier alpha value is -0.570. The first-order valence-corrected chi connectivity index (χ1v) is 6.39. The number of rotatable bonds is 8. The topological polar surface area (TPSA) is 52.3 Å². The predicted molar refractivity (Wildman–Crippen MR) is 67.1 cm³/mol. The van der Waals surface area contributed by atoms with Crippen molar-refractivity contribution in [1.29, 1.82) is 0 Å². The monoisotopic (exact) mass is 229 g/mol. The largest absolute Gasteiger partial charge is 0.466 e. The first kappa shape index (κ1) is 15.4. The fourth-order valence-electron chi connectivity index (χ4n) is 2.14. The molecule has 0 aromatic heterocycles. The lowest BCUT2D eigenvalue weighted by Gasteiger charge is -2.31. The van der Waals surface area contributed by atoms with Gasteiger partial charge in [-0.25, -0.2) is 0 Å². The lowest BCUT2D eigenvalue weighted by Crippen LogP contribution is -2.41. The van der Waals surface area contributed by atoms with Gasteiger partial charge < -0.3 is 10.5 Å². The number of esters is 1. The van der Waals surface area contributed by atoms with Crippen LogP contribution >= 0.6 is 0 Å². The maximum absolute atomic E-state index is 12.0. The van der Waals surface area contributed by atoms with Gasteiger partial charge in [0.15, 0.2) is 0 Å². The molecule has 2 N–H and O–H groups in total. The fourth-order valence-corrected chi connectivity index (χ4v) is 2.14. The van der Waals surface area contributed by atoms with Gasteiger partial charge >= 0.3 is 5.97 Å². The van der Waals surface area contributed by atoms with Crippen molar-refractivity contribution in [2.75, 3.05) is 13.2 Å². The molecule has 1 atom stereocenters. The van der Waals surface area contributed by atoms with Crippen LogP contribution in [0.4, 0.5) is 0 Å². The zero-order valence-corrected chi connectivity index (χ0v) is 11.2. The number of ether oxygens (including phenoxy) is 1. The first-order valence-electron chi connectivity index (χ1n) is 6.39. The summed E-state index contributed by atoms with van der Waals surface area (Å²) in [5.41, 5.74) is 5.37. The third-order valence-electron chi connectivity index (χ3n) is 2.91.